The summed E-state index contributed by atoms with van der Waals surface area (Å²) in [6.07, 6.45) is 3.23. The van der Waals surface area contributed by atoms with E-state index in [-0.39, 0.29) is 5.69 Å². The third-order valence-corrected chi connectivity index (χ3v) is 4.14. The Morgan fingerprint density at radius 1 is 1.24 bits per heavy atom. The van der Waals surface area contributed by atoms with Gasteiger partial charge in [0.1, 0.15) is 11.4 Å². The van der Waals surface area contributed by atoms with Crippen molar-refractivity contribution in [2.45, 2.75) is 37.6 Å². The second-order valence-electron chi connectivity index (χ2n) is 5.15. The van der Waals surface area contributed by atoms with Gasteiger partial charge in [-0.15, -0.1) is 0 Å². The first kappa shape index (κ1) is 15.8. The van der Waals surface area contributed by atoms with Crippen LogP contribution in [-0.4, -0.2) is 22.6 Å². The Morgan fingerprint density at radius 3 is 2.48 bits per heavy atom. The largest absolute Gasteiger partial charge is 0.480 e. The van der Waals surface area contributed by atoms with E-state index in [1.165, 1.54) is 12.1 Å². The van der Waals surface area contributed by atoms with Crippen LogP contribution in [0.5, 0.6) is 0 Å². The Kier molecular flexibility index (Phi) is 4.82. The SMILES string of the molecule is O=C(Nc1ccc(Br)cc1F)NC1(C(=O)O)CCCCC1. The fourth-order valence-electron chi connectivity index (χ4n) is 2.51. The topological polar surface area (TPSA) is 78.4 Å². The number of amides is 2. The first-order valence-electron chi connectivity index (χ1n) is 6.70. The van der Waals surface area contributed by atoms with Gasteiger partial charge in [-0.3, -0.25) is 0 Å². The van der Waals surface area contributed by atoms with E-state index in [9.17, 15) is 19.1 Å². The summed E-state index contributed by atoms with van der Waals surface area (Å²) in [7, 11) is 0. The van der Waals surface area contributed by atoms with Crippen LogP contribution in [0, 0.1) is 5.82 Å². The second kappa shape index (κ2) is 6.43. The molecule has 1 aromatic carbocycles. The Hall–Kier alpha value is -1.63. The van der Waals surface area contributed by atoms with E-state index in [4.69, 9.17) is 0 Å². The minimum Gasteiger partial charge on any atom is -0.480 e. The van der Waals surface area contributed by atoms with Gasteiger partial charge in [-0.25, -0.2) is 14.0 Å². The van der Waals surface area contributed by atoms with Crippen LogP contribution in [0.15, 0.2) is 22.7 Å². The number of carboxylic acid groups (broad SMARTS) is 1. The summed E-state index contributed by atoms with van der Waals surface area (Å²) in [4.78, 5) is 23.4. The number of anilines is 1. The Labute approximate surface area is 130 Å². The number of aliphatic carboxylic acids is 1. The molecule has 1 fully saturated rings. The van der Waals surface area contributed by atoms with Crippen LogP contribution >= 0.6 is 15.9 Å². The summed E-state index contributed by atoms with van der Waals surface area (Å²) in [5.74, 6) is -1.64. The van der Waals surface area contributed by atoms with Crippen LogP contribution < -0.4 is 10.6 Å². The molecule has 0 radical (unpaired) electrons. The lowest BCUT2D eigenvalue weighted by atomic mass is 9.82. The highest BCUT2D eigenvalue weighted by Crippen LogP contribution is 2.28. The molecule has 2 rings (SSSR count). The van der Waals surface area contributed by atoms with Gasteiger partial charge in [-0.2, -0.15) is 0 Å². The highest BCUT2D eigenvalue weighted by Gasteiger charge is 2.41. The summed E-state index contributed by atoms with van der Waals surface area (Å²) in [5, 5.41) is 14.2. The molecule has 5 nitrogen and oxygen atoms in total. The molecule has 21 heavy (non-hydrogen) atoms. The molecular formula is C14H16BrFN2O3. The van der Waals surface area contributed by atoms with E-state index in [1.807, 2.05) is 0 Å². The van der Waals surface area contributed by atoms with Crippen LogP contribution in [0.25, 0.3) is 0 Å². The van der Waals surface area contributed by atoms with E-state index in [0.717, 1.165) is 19.3 Å². The summed E-state index contributed by atoms with van der Waals surface area (Å²) < 4.78 is 14.2. The molecule has 2 amide bonds. The molecule has 1 aliphatic carbocycles. The molecule has 114 valence electrons. The van der Waals surface area contributed by atoms with E-state index in [1.54, 1.807) is 6.07 Å². The number of carbonyl (C=O) groups excluding carboxylic acids is 1. The van der Waals surface area contributed by atoms with Crippen molar-refractivity contribution in [2.75, 3.05) is 5.32 Å². The molecular weight excluding hydrogens is 343 g/mol. The monoisotopic (exact) mass is 358 g/mol. The lowest BCUT2D eigenvalue weighted by Crippen LogP contribution is -2.56. The van der Waals surface area contributed by atoms with Gasteiger partial charge in [0.05, 0.1) is 5.69 Å². The van der Waals surface area contributed by atoms with E-state index < -0.39 is 23.4 Å². The Balaban J connectivity index is 2.07. The quantitative estimate of drug-likeness (QED) is 0.773. The molecule has 0 atom stereocenters. The minimum absolute atomic E-state index is 0.00653. The van der Waals surface area contributed by atoms with Crippen molar-refractivity contribution in [2.24, 2.45) is 0 Å². The number of benzene rings is 1. The number of rotatable bonds is 3. The van der Waals surface area contributed by atoms with Crippen LogP contribution in [-0.2, 0) is 4.79 Å². The van der Waals surface area contributed by atoms with Crippen LogP contribution in [0.1, 0.15) is 32.1 Å². The molecule has 1 aromatic rings. The molecule has 0 bridgehead atoms. The minimum atomic E-state index is -1.26. The molecule has 0 spiro atoms. The van der Waals surface area contributed by atoms with Crippen LogP contribution in [0.2, 0.25) is 0 Å². The van der Waals surface area contributed by atoms with Crippen molar-refractivity contribution >= 4 is 33.6 Å². The highest BCUT2D eigenvalue weighted by atomic mass is 79.9. The van der Waals surface area contributed by atoms with Gasteiger partial charge in [0.25, 0.3) is 0 Å². The normalized spacial score (nSPS) is 17.0. The number of nitrogens with one attached hydrogen (secondary N) is 2. The van der Waals surface area contributed by atoms with Gasteiger partial charge < -0.3 is 15.7 Å². The number of carboxylic acids is 1. The number of halogens is 2. The molecule has 3 N–H and O–H groups in total. The average molecular weight is 359 g/mol. The van der Waals surface area contributed by atoms with Gasteiger partial charge in [-0.1, -0.05) is 35.2 Å². The summed E-state index contributed by atoms with van der Waals surface area (Å²) in [6.45, 7) is 0. The van der Waals surface area contributed by atoms with Gasteiger partial charge >= 0.3 is 12.0 Å². The maximum atomic E-state index is 13.7. The lowest BCUT2D eigenvalue weighted by Gasteiger charge is -2.33. The molecule has 0 saturated heterocycles. The molecule has 0 aromatic heterocycles. The third-order valence-electron chi connectivity index (χ3n) is 3.65. The summed E-state index contributed by atoms with van der Waals surface area (Å²) in [6, 6.07) is 3.52. The number of hydrogen-bond acceptors (Lipinski definition) is 2. The maximum Gasteiger partial charge on any atom is 0.329 e. The van der Waals surface area contributed by atoms with Gasteiger partial charge in [0.15, 0.2) is 0 Å². The van der Waals surface area contributed by atoms with Crippen molar-refractivity contribution in [1.29, 1.82) is 0 Å². The van der Waals surface area contributed by atoms with E-state index >= 15 is 0 Å². The molecule has 7 heteroatoms. The zero-order chi connectivity index (χ0) is 15.5. The first-order chi connectivity index (χ1) is 9.93. The van der Waals surface area contributed by atoms with E-state index in [2.05, 4.69) is 26.6 Å². The summed E-state index contributed by atoms with van der Waals surface area (Å²) >= 11 is 3.12. The Morgan fingerprint density at radius 2 is 1.90 bits per heavy atom. The van der Waals surface area contributed by atoms with E-state index in [0.29, 0.717) is 17.3 Å². The smallest absolute Gasteiger partial charge is 0.329 e. The van der Waals surface area contributed by atoms with Crippen molar-refractivity contribution in [3.63, 3.8) is 0 Å². The Bertz CT molecular complexity index is 559. The number of urea groups is 1. The standard InChI is InChI=1S/C14H16BrFN2O3/c15-9-4-5-11(10(16)8-9)17-13(21)18-14(12(19)20)6-2-1-3-7-14/h4-5,8H,1-3,6-7H2,(H,19,20)(H2,17,18,21). The fraction of sp³-hybridized carbons (Fsp3) is 0.429. The van der Waals surface area contributed by atoms with Gasteiger partial charge in [-0.05, 0) is 31.0 Å². The van der Waals surface area contributed by atoms with Crippen molar-refractivity contribution in [3.8, 4) is 0 Å². The second-order valence-corrected chi connectivity index (χ2v) is 6.07. The zero-order valence-corrected chi connectivity index (χ0v) is 12.9. The third kappa shape index (κ3) is 3.72. The predicted molar refractivity (Wildman–Crippen MR) is 79.7 cm³/mol. The van der Waals surface area contributed by atoms with Crippen LogP contribution in [0.4, 0.5) is 14.9 Å². The van der Waals surface area contributed by atoms with Crippen LogP contribution in [0.3, 0.4) is 0 Å². The first-order valence-corrected chi connectivity index (χ1v) is 7.50. The molecule has 1 saturated carbocycles. The van der Waals surface area contributed by atoms with Crippen molar-refractivity contribution in [3.05, 3.63) is 28.5 Å². The highest BCUT2D eigenvalue weighted by molar-refractivity contribution is 9.10. The zero-order valence-electron chi connectivity index (χ0n) is 11.3. The van der Waals surface area contributed by atoms with Gasteiger partial charge in [0, 0.05) is 4.47 Å². The lowest BCUT2D eigenvalue weighted by molar-refractivity contribution is -0.145. The number of hydrogen-bond donors (Lipinski definition) is 3. The summed E-state index contributed by atoms with van der Waals surface area (Å²) in [5.41, 5.74) is -1.25. The average Bonchev–Trinajstić information content (AvgIpc) is 2.43. The molecule has 0 heterocycles. The number of carbonyl (C=O) groups is 2. The maximum absolute atomic E-state index is 13.7. The fourth-order valence-corrected chi connectivity index (χ4v) is 2.84. The molecule has 0 aliphatic heterocycles. The van der Waals surface area contributed by atoms with Gasteiger partial charge in [0.2, 0.25) is 0 Å². The predicted octanol–water partition coefficient (Wildman–Crippen LogP) is 3.50. The molecule has 1 aliphatic rings. The molecule has 0 unspecified atom stereocenters. The van der Waals surface area contributed by atoms with Crippen molar-refractivity contribution in [1.82, 2.24) is 5.32 Å². The van der Waals surface area contributed by atoms with Crippen molar-refractivity contribution < 1.29 is 19.1 Å².